The molecule has 1 heterocycles. The van der Waals surface area contributed by atoms with Gasteiger partial charge in [-0.05, 0) is 20.8 Å². The van der Waals surface area contributed by atoms with Gasteiger partial charge in [-0.25, -0.2) is 9.97 Å². The molecule has 2 aromatic carbocycles. The number of nitrogens with zero attached hydrogens (tertiary/aromatic N) is 2. The lowest BCUT2D eigenvalue weighted by Gasteiger charge is -2.11. The molecule has 0 aliphatic carbocycles. The molecule has 3 rings (SSSR count). The number of aryl methyl sites for hydroxylation is 3. The first-order valence-electron chi connectivity index (χ1n) is 7.23. The Morgan fingerprint density at radius 2 is 1.05 bits per heavy atom. The summed E-state index contributed by atoms with van der Waals surface area (Å²) in [5, 5.41) is 0.450. The summed E-state index contributed by atoms with van der Waals surface area (Å²) in [6.45, 7) is 6.02. The van der Waals surface area contributed by atoms with E-state index in [1.807, 2.05) is 6.92 Å². The van der Waals surface area contributed by atoms with E-state index in [1.54, 1.807) is 0 Å². The third kappa shape index (κ3) is 2.88. The van der Waals surface area contributed by atoms with E-state index in [-0.39, 0.29) is 0 Å². The van der Waals surface area contributed by atoms with Crippen molar-refractivity contribution in [3.8, 4) is 22.5 Å². The van der Waals surface area contributed by atoms with Gasteiger partial charge < -0.3 is 0 Å². The van der Waals surface area contributed by atoms with E-state index in [4.69, 9.17) is 11.6 Å². The SMILES string of the molecule is Cc1ccc(-c2nc(C)c(Cl)nc2-c2ccc(C)cc2)cc1. The molecule has 0 saturated carbocycles. The van der Waals surface area contributed by atoms with Crippen LogP contribution in [0.4, 0.5) is 0 Å². The van der Waals surface area contributed by atoms with Crippen molar-refractivity contribution in [3.05, 3.63) is 70.5 Å². The predicted octanol–water partition coefficient (Wildman–Crippen LogP) is 5.39. The zero-order chi connectivity index (χ0) is 15.7. The van der Waals surface area contributed by atoms with Crippen molar-refractivity contribution in [3.63, 3.8) is 0 Å². The van der Waals surface area contributed by atoms with Gasteiger partial charge in [-0.2, -0.15) is 0 Å². The number of benzene rings is 2. The minimum Gasteiger partial charge on any atom is -0.248 e. The smallest absolute Gasteiger partial charge is 0.150 e. The summed E-state index contributed by atoms with van der Waals surface area (Å²) in [4.78, 5) is 9.25. The molecule has 1 aromatic heterocycles. The maximum Gasteiger partial charge on any atom is 0.150 e. The molecule has 0 radical (unpaired) electrons. The molecule has 0 bridgehead atoms. The molecule has 110 valence electrons. The largest absolute Gasteiger partial charge is 0.248 e. The topological polar surface area (TPSA) is 25.8 Å². The molecule has 0 saturated heterocycles. The fraction of sp³-hybridized carbons (Fsp3) is 0.158. The van der Waals surface area contributed by atoms with Crippen LogP contribution in [0.2, 0.25) is 5.15 Å². The van der Waals surface area contributed by atoms with Crippen LogP contribution in [0.3, 0.4) is 0 Å². The number of hydrogen-bond acceptors (Lipinski definition) is 2. The Bertz CT molecular complexity index is 736. The van der Waals surface area contributed by atoms with Crippen molar-refractivity contribution in [2.75, 3.05) is 0 Å². The van der Waals surface area contributed by atoms with Crippen molar-refractivity contribution >= 4 is 11.6 Å². The van der Waals surface area contributed by atoms with Gasteiger partial charge in [0.15, 0.2) is 5.15 Å². The molecule has 0 aliphatic heterocycles. The average Bonchev–Trinajstić information content (AvgIpc) is 2.51. The summed E-state index contributed by atoms with van der Waals surface area (Å²) < 4.78 is 0. The Labute approximate surface area is 135 Å². The van der Waals surface area contributed by atoms with Gasteiger partial charge in [-0.3, -0.25) is 0 Å². The minimum absolute atomic E-state index is 0.450. The second-order valence-corrected chi connectivity index (χ2v) is 5.89. The summed E-state index contributed by atoms with van der Waals surface area (Å²) in [6, 6.07) is 16.6. The van der Waals surface area contributed by atoms with Crippen molar-refractivity contribution in [2.45, 2.75) is 20.8 Å². The molecule has 0 aliphatic rings. The molecule has 0 fully saturated rings. The van der Waals surface area contributed by atoms with Gasteiger partial charge in [0.25, 0.3) is 0 Å². The van der Waals surface area contributed by atoms with Crippen molar-refractivity contribution < 1.29 is 0 Å². The van der Waals surface area contributed by atoms with Crippen LogP contribution in [0.15, 0.2) is 48.5 Å². The second-order valence-electron chi connectivity index (χ2n) is 5.53. The fourth-order valence-electron chi connectivity index (χ4n) is 2.32. The normalized spacial score (nSPS) is 10.7. The predicted molar refractivity (Wildman–Crippen MR) is 92.1 cm³/mol. The Kier molecular flexibility index (Phi) is 3.95. The maximum atomic E-state index is 6.21. The molecule has 0 spiro atoms. The van der Waals surface area contributed by atoms with E-state index in [9.17, 15) is 0 Å². The van der Waals surface area contributed by atoms with Gasteiger partial charge in [0.1, 0.15) is 0 Å². The Morgan fingerprint density at radius 3 is 1.50 bits per heavy atom. The van der Waals surface area contributed by atoms with E-state index in [0.717, 1.165) is 28.2 Å². The van der Waals surface area contributed by atoms with Crippen molar-refractivity contribution in [2.24, 2.45) is 0 Å². The Balaban J connectivity index is 2.22. The van der Waals surface area contributed by atoms with Crippen LogP contribution < -0.4 is 0 Å². The summed E-state index contributed by atoms with van der Waals surface area (Å²) >= 11 is 6.21. The van der Waals surface area contributed by atoms with E-state index in [2.05, 4.69) is 72.3 Å². The quantitative estimate of drug-likeness (QED) is 0.634. The first kappa shape index (κ1) is 14.7. The maximum absolute atomic E-state index is 6.21. The number of halogens is 1. The zero-order valence-corrected chi connectivity index (χ0v) is 13.6. The number of hydrogen-bond donors (Lipinski definition) is 0. The number of rotatable bonds is 2. The first-order chi connectivity index (χ1) is 10.5. The highest BCUT2D eigenvalue weighted by Crippen LogP contribution is 2.31. The molecule has 3 heteroatoms. The highest BCUT2D eigenvalue weighted by Gasteiger charge is 2.14. The second kappa shape index (κ2) is 5.90. The summed E-state index contributed by atoms with van der Waals surface area (Å²) in [5.74, 6) is 0. The fourth-order valence-corrected chi connectivity index (χ4v) is 2.45. The van der Waals surface area contributed by atoms with E-state index >= 15 is 0 Å². The molecule has 0 amide bonds. The van der Waals surface area contributed by atoms with Gasteiger partial charge in [-0.15, -0.1) is 0 Å². The molecule has 0 unspecified atom stereocenters. The van der Waals surface area contributed by atoms with Crippen molar-refractivity contribution in [1.29, 1.82) is 0 Å². The summed E-state index contributed by atoms with van der Waals surface area (Å²) in [7, 11) is 0. The van der Waals surface area contributed by atoms with E-state index in [1.165, 1.54) is 11.1 Å². The van der Waals surface area contributed by atoms with Crippen LogP contribution in [0.25, 0.3) is 22.5 Å². The average molecular weight is 309 g/mol. The summed E-state index contributed by atoms with van der Waals surface area (Å²) in [5.41, 5.74) is 6.94. The monoisotopic (exact) mass is 308 g/mol. The molecule has 3 aromatic rings. The van der Waals surface area contributed by atoms with Crippen LogP contribution in [0.5, 0.6) is 0 Å². The summed E-state index contributed by atoms with van der Waals surface area (Å²) in [6.07, 6.45) is 0. The molecule has 2 nitrogen and oxygen atoms in total. The van der Waals surface area contributed by atoms with Crippen LogP contribution in [-0.4, -0.2) is 9.97 Å². The Morgan fingerprint density at radius 1 is 0.636 bits per heavy atom. The van der Waals surface area contributed by atoms with Crippen molar-refractivity contribution in [1.82, 2.24) is 9.97 Å². The molecular weight excluding hydrogens is 292 g/mol. The lowest BCUT2D eigenvalue weighted by atomic mass is 10.0. The van der Waals surface area contributed by atoms with Gasteiger partial charge in [0, 0.05) is 11.1 Å². The van der Waals surface area contributed by atoms with Gasteiger partial charge in [0.2, 0.25) is 0 Å². The highest BCUT2D eigenvalue weighted by molar-refractivity contribution is 6.30. The zero-order valence-electron chi connectivity index (χ0n) is 12.9. The highest BCUT2D eigenvalue weighted by atomic mass is 35.5. The first-order valence-corrected chi connectivity index (χ1v) is 7.60. The standard InChI is InChI=1S/C19H17ClN2/c1-12-4-8-15(9-5-12)17-18(22-19(20)14(3)21-17)16-10-6-13(2)7-11-16/h4-11H,1-3H3. The van der Waals surface area contributed by atoms with E-state index < -0.39 is 0 Å². The van der Waals surface area contributed by atoms with Gasteiger partial charge in [-0.1, -0.05) is 71.3 Å². The lowest BCUT2D eigenvalue weighted by Crippen LogP contribution is -1.97. The molecule has 0 N–H and O–H groups in total. The molecular formula is C19H17ClN2. The molecule has 0 atom stereocenters. The third-order valence-electron chi connectivity index (χ3n) is 3.66. The van der Waals surface area contributed by atoms with Crippen LogP contribution in [0.1, 0.15) is 16.8 Å². The van der Waals surface area contributed by atoms with Gasteiger partial charge >= 0.3 is 0 Å². The van der Waals surface area contributed by atoms with E-state index in [0.29, 0.717) is 5.15 Å². The van der Waals surface area contributed by atoms with Crippen LogP contribution >= 0.6 is 11.6 Å². The Hall–Kier alpha value is -2.19. The molecule has 22 heavy (non-hydrogen) atoms. The van der Waals surface area contributed by atoms with Crippen LogP contribution in [-0.2, 0) is 0 Å². The lowest BCUT2D eigenvalue weighted by molar-refractivity contribution is 1.13. The van der Waals surface area contributed by atoms with Gasteiger partial charge in [0.05, 0.1) is 17.1 Å². The van der Waals surface area contributed by atoms with Crippen LogP contribution in [0, 0.1) is 20.8 Å². The minimum atomic E-state index is 0.450. The third-order valence-corrected chi connectivity index (χ3v) is 4.02. The number of aromatic nitrogens is 2.